The molecule has 0 atom stereocenters. The molecule has 0 aromatic carbocycles. The Morgan fingerprint density at radius 3 is 1.90 bits per heavy atom. The number of hydrogen-bond acceptors (Lipinski definition) is 3. The molecule has 1 aliphatic heterocycles. The van der Waals surface area contributed by atoms with Crippen LogP contribution in [-0.4, -0.2) is 59.7 Å². The van der Waals surface area contributed by atoms with Gasteiger partial charge < -0.3 is 15.1 Å². The van der Waals surface area contributed by atoms with Gasteiger partial charge in [-0.15, -0.1) is 0 Å². The van der Waals surface area contributed by atoms with Crippen LogP contribution in [0, 0.1) is 5.41 Å². The van der Waals surface area contributed by atoms with Gasteiger partial charge in [-0.25, -0.2) is 0 Å². The van der Waals surface area contributed by atoms with Crippen molar-refractivity contribution in [3.63, 3.8) is 0 Å². The van der Waals surface area contributed by atoms with Crippen LogP contribution in [0.25, 0.3) is 0 Å². The number of piperazine rings is 1. The number of carbonyl (C=O) groups excluding carboxylic acids is 3. The van der Waals surface area contributed by atoms with Gasteiger partial charge in [0, 0.05) is 31.7 Å². The maximum Gasteiger partial charge on any atom is 0.237 e. The van der Waals surface area contributed by atoms with E-state index in [1.54, 1.807) is 23.6 Å². The van der Waals surface area contributed by atoms with E-state index in [0.717, 1.165) is 6.41 Å². The third kappa shape index (κ3) is 3.95. The first-order valence-electron chi connectivity index (χ1n) is 6.89. The van der Waals surface area contributed by atoms with Crippen molar-refractivity contribution < 1.29 is 14.4 Å². The molecule has 0 aromatic rings. The summed E-state index contributed by atoms with van der Waals surface area (Å²) in [6, 6.07) is 0. The average Bonchev–Trinajstić information content (AvgIpc) is 2.36. The highest BCUT2D eigenvalue weighted by Crippen LogP contribution is 2.21. The highest BCUT2D eigenvalue weighted by Gasteiger charge is 2.41. The highest BCUT2D eigenvalue weighted by molar-refractivity contribution is 6.04. The number of carbonyl (C=O) groups is 3. The Hall–Kier alpha value is -1.59. The van der Waals surface area contributed by atoms with Crippen molar-refractivity contribution in [2.24, 2.45) is 5.41 Å². The molecule has 1 heterocycles. The Kier molecular flexibility index (Phi) is 4.78. The number of nitrogens with zero attached hydrogens (tertiary/aromatic N) is 2. The van der Waals surface area contributed by atoms with Crippen molar-refractivity contribution in [3.05, 3.63) is 0 Å². The van der Waals surface area contributed by atoms with Crippen LogP contribution in [0.5, 0.6) is 0 Å². The minimum Gasteiger partial charge on any atom is -0.351 e. The van der Waals surface area contributed by atoms with Crippen LogP contribution in [-0.2, 0) is 14.4 Å². The van der Waals surface area contributed by atoms with E-state index in [1.807, 2.05) is 20.8 Å². The second-order valence-electron chi connectivity index (χ2n) is 6.76. The van der Waals surface area contributed by atoms with E-state index in [9.17, 15) is 14.4 Å². The van der Waals surface area contributed by atoms with Crippen molar-refractivity contribution >= 4 is 18.2 Å². The molecular weight excluding hydrogens is 258 g/mol. The summed E-state index contributed by atoms with van der Waals surface area (Å²) in [5.74, 6) is -0.461. The second kappa shape index (κ2) is 5.81. The Balaban J connectivity index is 2.70. The number of nitrogens with one attached hydrogen (secondary N) is 1. The molecule has 114 valence electrons. The van der Waals surface area contributed by atoms with E-state index in [0.29, 0.717) is 26.2 Å². The van der Waals surface area contributed by atoms with Crippen molar-refractivity contribution in [1.82, 2.24) is 15.1 Å². The fraction of sp³-hybridized carbons (Fsp3) is 0.786. The number of rotatable bonds is 3. The zero-order valence-electron chi connectivity index (χ0n) is 13.0. The van der Waals surface area contributed by atoms with E-state index >= 15 is 0 Å². The van der Waals surface area contributed by atoms with Crippen molar-refractivity contribution in [2.45, 2.75) is 40.2 Å². The van der Waals surface area contributed by atoms with Crippen LogP contribution in [0.1, 0.15) is 34.6 Å². The topological polar surface area (TPSA) is 69.7 Å². The lowest BCUT2D eigenvalue weighted by atomic mass is 9.88. The lowest BCUT2D eigenvalue weighted by Gasteiger charge is -2.37. The summed E-state index contributed by atoms with van der Waals surface area (Å²) < 4.78 is 0. The van der Waals surface area contributed by atoms with Crippen molar-refractivity contribution in [1.29, 1.82) is 0 Å². The quantitative estimate of drug-likeness (QED) is 0.595. The molecule has 0 aromatic heterocycles. The molecule has 1 fully saturated rings. The molecule has 0 spiro atoms. The largest absolute Gasteiger partial charge is 0.351 e. The third-order valence-electron chi connectivity index (χ3n) is 3.34. The van der Waals surface area contributed by atoms with Gasteiger partial charge in [-0.2, -0.15) is 0 Å². The molecule has 0 aliphatic carbocycles. The highest BCUT2D eigenvalue weighted by atomic mass is 16.2. The lowest BCUT2D eigenvalue weighted by molar-refractivity contribution is -0.151. The van der Waals surface area contributed by atoms with Gasteiger partial charge in [-0.05, 0) is 34.6 Å². The summed E-state index contributed by atoms with van der Waals surface area (Å²) in [4.78, 5) is 38.7. The van der Waals surface area contributed by atoms with Crippen LogP contribution < -0.4 is 5.32 Å². The van der Waals surface area contributed by atoms with Gasteiger partial charge in [0.2, 0.25) is 18.2 Å². The van der Waals surface area contributed by atoms with Crippen LogP contribution in [0.2, 0.25) is 0 Å². The molecule has 1 N–H and O–H groups in total. The molecule has 0 bridgehead atoms. The Bertz CT molecular complexity index is 391. The minimum absolute atomic E-state index is 0.190. The third-order valence-corrected chi connectivity index (χ3v) is 3.34. The average molecular weight is 283 g/mol. The molecule has 6 heteroatoms. The van der Waals surface area contributed by atoms with E-state index in [1.165, 1.54) is 0 Å². The monoisotopic (exact) mass is 283 g/mol. The van der Waals surface area contributed by atoms with Gasteiger partial charge in [0.1, 0.15) is 5.41 Å². The summed E-state index contributed by atoms with van der Waals surface area (Å²) in [5, 5.41) is 2.85. The van der Waals surface area contributed by atoms with Gasteiger partial charge in [0.25, 0.3) is 0 Å². The number of hydrogen-bond donors (Lipinski definition) is 1. The first kappa shape index (κ1) is 16.5. The maximum absolute atomic E-state index is 12.5. The Labute approximate surface area is 120 Å². The summed E-state index contributed by atoms with van der Waals surface area (Å²) in [6.07, 6.45) is 0.791. The fourth-order valence-electron chi connectivity index (χ4n) is 2.02. The van der Waals surface area contributed by atoms with Crippen molar-refractivity contribution in [2.75, 3.05) is 26.2 Å². The van der Waals surface area contributed by atoms with Crippen LogP contribution in [0.3, 0.4) is 0 Å². The SMILES string of the molecule is CC(C)(C)NC(=O)C(C)(C)C(=O)N1CCN(C=O)CC1. The van der Waals surface area contributed by atoms with E-state index < -0.39 is 5.41 Å². The standard InChI is InChI=1S/C14H25N3O3/c1-13(2,3)15-11(19)14(4,5)12(20)17-8-6-16(10-18)7-9-17/h10H,6-9H2,1-5H3,(H,15,19). The molecule has 20 heavy (non-hydrogen) atoms. The first-order valence-corrected chi connectivity index (χ1v) is 6.89. The van der Waals surface area contributed by atoms with Crippen molar-refractivity contribution in [3.8, 4) is 0 Å². The molecular formula is C14H25N3O3. The number of amides is 3. The summed E-state index contributed by atoms with van der Waals surface area (Å²) in [7, 11) is 0. The Morgan fingerprint density at radius 1 is 1.00 bits per heavy atom. The lowest BCUT2D eigenvalue weighted by Crippen LogP contribution is -2.57. The summed E-state index contributed by atoms with van der Waals surface area (Å²) in [5.41, 5.74) is -1.47. The molecule has 1 aliphatic rings. The summed E-state index contributed by atoms with van der Waals surface area (Å²) >= 11 is 0. The molecule has 0 radical (unpaired) electrons. The van der Waals surface area contributed by atoms with Crippen LogP contribution in [0.4, 0.5) is 0 Å². The van der Waals surface area contributed by atoms with Gasteiger partial charge in [0.05, 0.1) is 0 Å². The molecule has 0 unspecified atom stereocenters. The summed E-state index contributed by atoms with van der Waals surface area (Å²) in [6.45, 7) is 10.9. The molecule has 0 saturated carbocycles. The predicted octanol–water partition coefficient (Wildman–Crippen LogP) is 0.228. The molecule has 3 amide bonds. The molecule has 1 saturated heterocycles. The second-order valence-corrected chi connectivity index (χ2v) is 6.76. The Morgan fingerprint density at radius 2 is 1.50 bits per heavy atom. The maximum atomic E-state index is 12.5. The fourth-order valence-corrected chi connectivity index (χ4v) is 2.02. The normalized spacial score (nSPS) is 16.9. The zero-order chi connectivity index (χ0) is 15.6. The molecule has 1 rings (SSSR count). The van der Waals surface area contributed by atoms with Gasteiger partial charge in [0.15, 0.2) is 0 Å². The van der Waals surface area contributed by atoms with Gasteiger partial charge in [-0.3, -0.25) is 14.4 Å². The zero-order valence-corrected chi connectivity index (χ0v) is 13.0. The first-order chi connectivity index (χ1) is 9.08. The van der Waals surface area contributed by atoms with E-state index in [-0.39, 0.29) is 17.4 Å². The van der Waals surface area contributed by atoms with Crippen LogP contribution in [0.15, 0.2) is 0 Å². The smallest absolute Gasteiger partial charge is 0.237 e. The van der Waals surface area contributed by atoms with Gasteiger partial charge >= 0.3 is 0 Å². The van der Waals surface area contributed by atoms with Crippen LogP contribution >= 0.6 is 0 Å². The molecule has 6 nitrogen and oxygen atoms in total. The minimum atomic E-state index is -1.10. The van der Waals surface area contributed by atoms with E-state index in [4.69, 9.17) is 0 Å². The predicted molar refractivity (Wildman–Crippen MR) is 75.9 cm³/mol. The van der Waals surface area contributed by atoms with Gasteiger partial charge in [-0.1, -0.05) is 0 Å². The van der Waals surface area contributed by atoms with E-state index in [2.05, 4.69) is 5.32 Å².